The molecule has 0 aliphatic carbocycles. The fourth-order valence-corrected chi connectivity index (χ4v) is 2.99. The van der Waals surface area contributed by atoms with Crippen LogP contribution in [0.1, 0.15) is 5.56 Å². The maximum atomic E-state index is 12.2. The minimum atomic E-state index is -3.64. The molecule has 1 heterocycles. The number of hydrogen-bond donors (Lipinski definition) is 2. The summed E-state index contributed by atoms with van der Waals surface area (Å²) in [6.07, 6.45) is 2.76. The van der Waals surface area contributed by atoms with E-state index < -0.39 is 10.0 Å². The first-order valence-electron chi connectivity index (χ1n) is 5.94. The molecule has 0 aliphatic rings. The summed E-state index contributed by atoms with van der Waals surface area (Å²) in [6, 6.07) is 5.26. The van der Waals surface area contributed by atoms with E-state index in [1.54, 1.807) is 12.1 Å². The van der Waals surface area contributed by atoms with E-state index in [0.29, 0.717) is 18.8 Å². The van der Waals surface area contributed by atoms with Gasteiger partial charge in [0.2, 0.25) is 0 Å². The van der Waals surface area contributed by atoms with Crippen LogP contribution >= 0.6 is 15.9 Å². The molecule has 0 fully saturated rings. The highest BCUT2D eigenvalue weighted by Gasteiger charge is 2.16. The molecule has 1 aromatic heterocycles. The van der Waals surface area contributed by atoms with Crippen molar-refractivity contribution in [2.24, 2.45) is 5.73 Å². The Kier molecular flexibility index (Phi) is 4.46. The smallest absolute Gasteiger partial charge is 0.265 e. The first kappa shape index (κ1) is 15.0. The molecule has 0 bridgehead atoms. The molecule has 0 atom stereocenters. The molecule has 1 aromatic carbocycles. The predicted octanol–water partition coefficient (Wildman–Crippen LogP) is 1.71. The Morgan fingerprint density at radius 2 is 2.20 bits per heavy atom. The predicted molar refractivity (Wildman–Crippen MR) is 81.0 cm³/mol. The quantitative estimate of drug-likeness (QED) is 0.851. The van der Waals surface area contributed by atoms with E-state index in [1.165, 1.54) is 17.1 Å². The SMILES string of the molecule is Cc1ccc(NS(=O)(=O)c2cnn(CCN)c2)cc1Br. The zero-order chi connectivity index (χ0) is 14.8. The number of nitrogens with zero attached hydrogens (tertiary/aromatic N) is 2. The van der Waals surface area contributed by atoms with Gasteiger partial charge in [-0.2, -0.15) is 5.10 Å². The van der Waals surface area contributed by atoms with Gasteiger partial charge >= 0.3 is 0 Å². The molecule has 0 spiro atoms. The van der Waals surface area contributed by atoms with Crippen molar-refractivity contribution >= 4 is 31.6 Å². The normalized spacial score (nSPS) is 11.6. The van der Waals surface area contributed by atoms with Crippen LogP contribution in [0.3, 0.4) is 0 Å². The summed E-state index contributed by atoms with van der Waals surface area (Å²) in [4.78, 5) is 0.114. The van der Waals surface area contributed by atoms with Crippen molar-refractivity contribution in [2.45, 2.75) is 18.4 Å². The van der Waals surface area contributed by atoms with Crippen LogP contribution in [-0.4, -0.2) is 24.7 Å². The van der Waals surface area contributed by atoms with Crippen molar-refractivity contribution in [3.05, 3.63) is 40.6 Å². The summed E-state index contributed by atoms with van der Waals surface area (Å²) in [7, 11) is -3.64. The molecule has 20 heavy (non-hydrogen) atoms. The first-order chi connectivity index (χ1) is 9.42. The lowest BCUT2D eigenvalue weighted by molar-refractivity contribution is 0.599. The lowest BCUT2D eigenvalue weighted by Crippen LogP contribution is -2.13. The number of nitrogens with two attached hydrogens (primary N) is 1. The van der Waals surface area contributed by atoms with Gasteiger partial charge in [0.25, 0.3) is 10.0 Å². The minimum absolute atomic E-state index is 0.114. The molecule has 108 valence electrons. The summed E-state index contributed by atoms with van der Waals surface area (Å²) in [5.74, 6) is 0. The molecular weight excluding hydrogens is 344 g/mol. The lowest BCUT2D eigenvalue weighted by atomic mass is 10.2. The summed E-state index contributed by atoms with van der Waals surface area (Å²) < 4.78 is 29.3. The van der Waals surface area contributed by atoms with Crippen molar-refractivity contribution in [1.29, 1.82) is 0 Å². The minimum Gasteiger partial charge on any atom is -0.329 e. The number of nitrogens with one attached hydrogen (secondary N) is 1. The fraction of sp³-hybridized carbons (Fsp3) is 0.250. The zero-order valence-corrected chi connectivity index (χ0v) is 13.3. The van der Waals surface area contributed by atoms with Gasteiger partial charge in [-0.15, -0.1) is 0 Å². The van der Waals surface area contributed by atoms with Crippen LogP contribution in [0.4, 0.5) is 5.69 Å². The molecular formula is C12H15BrN4O2S. The van der Waals surface area contributed by atoms with Crippen LogP contribution in [0.5, 0.6) is 0 Å². The van der Waals surface area contributed by atoms with E-state index in [0.717, 1.165) is 10.0 Å². The average molecular weight is 359 g/mol. The van der Waals surface area contributed by atoms with Crippen molar-refractivity contribution < 1.29 is 8.42 Å². The highest BCUT2D eigenvalue weighted by Crippen LogP contribution is 2.22. The van der Waals surface area contributed by atoms with Crippen LogP contribution in [0.25, 0.3) is 0 Å². The lowest BCUT2D eigenvalue weighted by Gasteiger charge is -2.07. The Morgan fingerprint density at radius 3 is 2.85 bits per heavy atom. The third kappa shape index (κ3) is 3.38. The maximum Gasteiger partial charge on any atom is 0.265 e. The molecule has 0 unspecified atom stereocenters. The van der Waals surface area contributed by atoms with Crippen LogP contribution in [0.15, 0.2) is 40.0 Å². The second-order valence-electron chi connectivity index (χ2n) is 4.30. The van der Waals surface area contributed by atoms with Crippen molar-refractivity contribution in [3.63, 3.8) is 0 Å². The van der Waals surface area contributed by atoms with Crippen LogP contribution in [-0.2, 0) is 16.6 Å². The summed E-state index contributed by atoms with van der Waals surface area (Å²) in [5, 5.41) is 3.95. The van der Waals surface area contributed by atoms with E-state index in [-0.39, 0.29) is 4.90 Å². The summed E-state index contributed by atoms with van der Waals surface area (Å²) >= 11 is 3.37. The van der Waals surface area contributed by atoms with E-state index >= 15 is 0 Å². The molecule has 2 aromatic rings. The summed E-state index contributed by atoms with van der Waals surface area (Å²) in [5.41, 5.74) is 6.93. The van der Waals surface area contributed by atoms with Gasteiger partial charge in [-0.3, -0.25) is 9.40 Å². The molecule has 6 nitrogen and oxygen atoms in total. The Balaban J connectivity index is 2.23. The highest BCUT2D eigenvalue weighted by molar-refractivity contribution is 9.10. The maximum absolute atomic E-state index is 12.2. The molecule has 8 heteroatoms. The summed E-state index contributed by atoms with van der Waals surface area (Å²) in [6.45, 7) is 2.81. The van der Waals surface area contributed by atoms with Crippen molar-refractivity contribution in [1.82, 2.24) is 9.78 Å². The number of halogens is 1. The van der Waals surface area contributed by atoms with Gasteiger partial charge in [0.15, 0.2) is 0 Å². The van der Waals surface area contributed by atoms with Gasteiger partial charge < -0.3 is 5.73 Å². The number of anilines is 1. The number of aryl methyl sites for hydroxylation is 1. The van der Waals surface area contributed by atoms with Gasteiger partial charge in [-0.1, -0.05) is 22.0 Å². The largest absolute Gasteiger partial charge is 0.329 e. The number of aromatic nitrogens is 2. The molecule has 0 aliphatic heterocycles. The van der Waals surface area contributed by atoms with E-state index in [9.17, 15) is 8.42 Å². The van der Waals surface area contributed by atoms with E-state index in [4.69, 9.17) is 5.73 Å². The Labute approximate surface area is 126 Å². The van der Waals surface area contributed by atoms with Gasteiger partial charge in [-0.05, 0) is 24.6 Å². The number of hydrogen-bond acceptors (Lipinski definition) is 4. The molecule has 0 saturated carbocycles. The topological polar surface area (TPSA) is 90.0 Å². The average Bonchev–Trinajstić information content (AvgIpc) is 2.83. The van der Waals surface area contributed by atoms with Gasteiger partial charge in [0, 0.05) is 22.9 Å². The molecule has 0 saturated heterocycles. The molecule has 0 amide bonds. The van der Waals surface area contributed by atoms with E-state index in [2.05, 4.69) is 25.8 Å². The standard InChI is InChI=1S/C12H15BrN4O2S/c1-9-2-3-10(6-12(9)13)16-20(18,19)11-7-15-17(8-11)5-4-14/h2-3,6-8,16H,4-5,14H2,1H3. The number of benzene rings is 1. The third-order valence-corrected chi connectivity index (χ3v) is 4.89. The molecule has 0 radical (unpaired) electrons. The highest BCUT2D eigenvalue weighted by atomic mass is 79.9. The monoisotopic (exact) mass is 358 g/mol. The second kappa shape index (κ2) is 5.94. The van der Waals surface area contributed by atoms with E-state index in [1.807, 2.05) is 13.0 Å². The fourth-order valence-electron chi connectivity index (χ4n) is 1.61. The van der Waals surface area contributed by atoms with Crippen LogP contribution in [0, 0.1) is 6.92 Å². The molecule has 2 rings (SSSR count). The third-order valence-electron chi connectivity index (χ3n) is 2.70. The van der Waals surface area contributed by atoms with Crippen LogP contribution < -0.4 is 10.5 Å². The van der Waals surface area contributed by atoms with Gasteiger partial charge in [0.1, 0.15) is 4.90 Å². The molecule has 3 N–H and O–H groups in total. The van der Waals surface area contributed by atoms with Crippen LogP contribution in [0.2, 0.25) is 0 Å². The van der Waals surface area contributed by atoms with Gasteiger partial charge in [-0.25, -0.2) is 8.42 Å². The number of sulfonamides is 1. The second-order valence-corrected chi connectivity index (χ2v) is 6.83. The Morgan fingerprint density at radius 1 is 1.45 bits per heavy atom. The number of rotatable bonds is 5. The Bertz CT molecular complexity index is 712. The van der Waals surface area contributed by atoms with Crippen molar-refractivity contribution in [3.8, 4) is 0 Å². The van der Waals surface area contributed by atoms with Crippen molar-refractivity contribution in [2.75, 3.05) is 11.3 Å². The zero-order valence-electron chi connectivity index (χ0n) is 10.9. The van der Waals surface area contributed by atoms with Gasteiger partial charge in [0.05, 0.1) is 12.7 Å². The Hall–Kier alpha value is -1.38. The first-order valence-corrected chi connectivity index (χ1v) is 8.21.